The molecule has 3 rings (SSSR count). The quantitative estimate of drug-likeness (QED) is 0.610. The molecule has 3 aromatic carbocycles. The van der Waals surface area contributed by atoms with E-state index in [4.69, 9.17) is 4.74 Å². The Morgan fingerprint density at radius 1 is 0.862 bits per heavy atom. The summed E-state index contributed by atoms with van der Waals surface area (Å²) < 4.78 is 5.35. The minimum Gasteiger partial charge on any atom is -0.495 e. The molecule has 0 unspecified atom stereocenters. The van der Waals surface area contributed by atoms with Crippen LogP contribution in [-0.4, -0.2) is 18.9 Å². The molecule has 29 heavy (non-hydrogen) atoms. The molecule has 0 saturated carbocycles. The van der Waals surface area contributed by atoms with Crippen molar-refractivity contribution in [1.29, 1.82) is 0 Å². The number of amides is 2. The highest BCUT2D eigenvalue weighted by atomic mass is 16.5. The number of rotatable bonds is 7. The molecule has 0 radical (unpaired) electrons. The Morgan fingerprint density at radius 3 is 1.97 bits per heavy atom. The standard InChI is InChI=1S/C24H24N2O3/c1-17(27)25-20-13-14-23(29-2)22(15-20)26-24(28)16-21(18-9-5-3-6-10-18)19-11-7-4-8-12-19/h3-15,21H,16H2,1-2H3,(H,25,27)(H,26,28). The maximum absolute atomic E-state index is 12.9. The van der Waals surface area contributed by atoms with Gasteiger partial charge >= 0.3 is 0 Å². The first-order valence-corrected chi connectivity index (χ1v) is 9.42. The van der Waals surface area contributed by atoms with E-state index < -0.39 is 0 Å². The van der Waals surface area contributed by atoms with Gasteiger partial charge in [-0.25, -0.2) is 0 Å². The van der Waals surface area contributed by atoms with E-state index in [1.807, 2.05) is 60.7 Å². The van der Waals surface area contributed by atoms with Gasteiger partial charge in [-0.05, 0) is 29.3 Å². The van der Waals surface area contributed by atoms with Crippen LogP contribution in [0.4, 0.5) is 11.4 Å². The van der Waals surface area contributed by atoms with Gasteiger partial charge in [0.25, 0.3) is 0 Å². The van der Waals surface area contributed by atoms with Crippen LogP contribution >= 0.6 is 0 Å². The Labute approximate surface area is 170 Å². The van der Waals surface area contributed by atoms with Crippen molar-refractivity contribution in [3.63, 3.8) is 0 Å². The van der Waals surface area contributed by atoms with Crippen molar-refractivity contribution in [3.05, 3.63) is 90.0 Å². The number of methoxy groups -OCH3 is 1. The molecule has 0 bridgehead atoms. The highest BCUT2D eigenvalue weighted by Gasteiger charge is 2.19. The fourth-order valence-electron chi connectivity index (χ4n) is 3.27. The third-order valence-electron chi connectivity index (χ3n) is 4.59. The lowest BCUT2D eigenvalue weighted by Crippen LogP contribution is -2.17. The maximum atomic E-state index is 12.9. The van der Waals surface area contributed by atoms with E-state index in [0.29, 0.717) is 17.1 Å². The molecule has 2 amide bonds. The van der Waals surface area contributed by atoms with E-state index in [1.54, 1.807) is 25.3 Å². The summed E-state index contributed by atoms with van der Waals surface area (Å²) in [5.41, 5.74) is 3.26. The summed E-state index contributed by atoms with van der Waals surface area (Å²) in [6.45, 7) is 1.44. The number of benzene rings is 3. The molecule has 0 atom stereocenters. The molecule has 0 saturated heterocycles. The van der Waals surface area contributed by atoms with E-state index in [2.05, 4.69) is 10.6 Å². The largest absolute Gasteiger partial charge is 0.495 e. The second-order valence-electron chi connectivity index (χ2n) is 6.72. The van der Waals surface area contributed by atoms with Crippen molar-refractivity contribution in [3.8, 4) is 5.75 Å². The molecule has 2 N–H and O–H groups in total. The molecule has 5 heteroatoms. The average Bonchev–Trinajstić information content (AvgIpc) is 2.73. The van der Waals surface area contributed by atoms with Crippen LogP contribution in [0.5, 0.6) is 5.75 Å². The molecule has 0 fully saturated rings. The highest BCUT2D eigenvalue weighted by molar-refractivity contribution is 5.95. The van der Waals surface area contributed by atoms with Gasteiger partial charge in [0.15, 0.2) is 0 Å². The summed E-state index contributed by atoms with van der Waals surface area (Å²) >= 11 is 0. The minimum absolute atomic E-state index is 0.0677. The summed E-state index contributed by atoms with van der Waals surface area (Å²) in [5, 5.41) is 5.65. The third kappa shape index (κ3) is 5.45. The molecule has 0 aliphatic rings. The molecule has 5 nitrogen and oxygen atoms in total. The van der Waals surface area contributed by atoms with E-state index >= 15 is 0 Å². The molecule has 0 aromatic heterocycles. The number of carbonyl (C=O) groups is 2. The topological polar surface area (TPSA) is 67.4 Å². The number of ether oxygens (including phenoxy) is 1. The Hall–Kier alpha value is -3.60. The number of hydrogen-bond donors (Lipinski definition) is 2. The number of hydrogen-bond acceptors (Lipinski definition) is 3. The van der Waals surface area contributed by atoms with Crippen LogP contribution in [0.2, 0.25) is 0 Å². The molecule has 0 aliphatic carbocycles. The smallest absolute Gasteiger partial charge is 0.225 e. The number of nitrogens with one attached hydrogen (secondary N) is 2. The molecular formula is C24H24N2O3. The predicted octanol–water partition coefficient (Wildman–Crippen LogP) is 4.81. The number of carbonyl (C=O) groups excluding carboxylic acids is 2. The second-order valence-corrected chi connectivity index (χ2v) is 6.72. The van der Waals surface area contributed by atoms with E-state index in [9.17, 15) is 9.59 Å². The van der Waals surface area contributed by atoms with Crippen LogP contribution in [0.3, 0.4) is 0 Å². The summed E-state index contributed by atoms with van der Waals surface area (Å²) in [7, 11) is 1.54. The Balaban J connectivity index is 1.83. The molecule has 148 valence electrons. The first-order valence-electron chi connectivity index (χ1n) is 9.42. The zero-order chi connectivity index (χ0) is 20.6. The third-order valence-corrected chi connectivity index (χ3v) is 4.59. The Morgan fingerprint density at radius 2 is 1.45 bits per heavy atom. The molecule has 3 aromatic rings. The van der Waals surface area contributed by atoms with Crippen LogP contribution < -0.4 is 15.4 Å². The summed E-state index contributed by atoms with van der Waals surface area (Å²) in [4.78, 5) is 24.2. The van der Waals surface area contributed by atoms with Gasteiger partial charge in [-0.15, -0.1) is 0 Å². The van der Waals surface area contributed by atoms with Crippen LogP contribution in [-0.2, 0) is 9.59 Å². The van der Waals surface area contributed by atoms with Gasteiger partial charge < -0.3 is 15.4 Å². The monoisotopic (exact) mass is 388 g/mol. The first kappa shape index (κ1) is 20.1. The molecule has 0 spiro atoms. The summed E-state index contributed by atoms with van der Waals surface area (Å²) in [6, 6.07) is 25.1. The van der Waals surface area contributed by atoms with Gasteiger partial charge in [0.1, 0.15) is 5.75 Å². The van der Waals surface area contributed by atoms with Gasteiger partial charge in [0.2, 0.25) is 11.8 Å². The molecule has 0 aliphatic heterocycles. The predicted molar refractivity (Wildman–Crippen MR) is 115 cm³/mol. The number of anilines is 2. The van der Waals surface area contributed by atoms with Crippen molar-refractivity contribution in [1.82, 2.24) is 0 Å². The SMILES string of the molecule is COc1ccc(NC(C)=O)cc1NC(=O)CC(c1ccccc1)c1ccccc1. The fraction of sp³-hybridized carbons (Fsp3) is 0.167. The zero-order valence-electron chi connectivity index (χ0n) is 16.5. The molecular weight excluding hydrogens is 364 g/mol. The first-order chi connectivity index (χ1) is 14.1. The van der Waals surface area contributed by atoms with Crippen LogP contribution in [0, 0.1) is 0 Å². The van der Waals surface area contributed by atoms with Crippen molar-refractivity contribution in [2.24, 2.45) is 0 Å². The van der Waals surface area contributed by atoms with E-state index in [-0.39, 0.29) is 24.2 Å². The van der Waals surface area contributed by atoms with Gasteiger partial charge in [-0.1, -0.05) is 60.7 Å². The normalized spacial score (nSPS) is 10.4. The second kappa shape index (κ2) is 9.55. The van der Waals surface area contributed by atoms with Crippen molar-refractivity contribution in [2.45, 2.75) is 19.3 Å². The van der Waals surface area contributed by atoms with Crippen molar-refractivity contribution in [2.75, 3.05) is 17.7 Å². The van der Waals surface area contributed by atoms with Gasteiger partial charge in [-0.3, -0.25) is 9.59 Å². The average molecular weight is 388 g/mol. The van der Waals surface area contributed by atoms with Crippen molar-refractivity contribution >= 4 is 23.2 Å². The maximum Gasteiger partial charge on any atom is 0.225 e. The Bertz CT molecular complexity index is 932. The zero-order valence-corrected chi connectivity index (χ0v) is 16.5. The van der Waals surface area contributed by atoms with E-state index in [1.165, 1.54) is 6.92 Å². The minimum atomic E-state index is -0.180. The lowest BCUT2D eigenvalue weighted by molar-refractivity contribution is -0.116. The van der Waals surface area contributed by atoms with Crippen LogP contribution in [0.1, 0.15) is 30.4 Å². The van der Waals surface area contributed by atoms with Gasteiger partial charge in [-0.2, -0.15) is 0 Å². The fourth-order valence-corrected chi connectivity index (χ4v) is 3.27. The Kier molecular flexibility index (Phi) is 6.63. The lowest BCUT2D eigenvalue weighted by atomic mass is 9.88. The van der Waals surface area contributed by atoms with Crippen LogP contribution in [0.25, 0.3) is 0 Å². The van der Waals surface area contributed by atoms with E-state index in [0.717, 1.165) is 11.1 Å². The van der Waals surface area contributed by atoms with Gasteiger partial charge in [0.05, 0.1) is 12.8 Å². The van der Waals surface area contributed by atoms with Gasteiger partial charge in [0, 0.05) is 24.9 Å². The summed E-state index contributed by atoms with van der Waals surface area (Å²) in [5.74, 6) is 0.145. The molecule has 0 heterocycles. The lowest BCUT2D eigenvalue weighted by Gasteiger charge is -2.19. The van der Waals surface area contributed by atoms with Crippen LogP contribution in [0.15, 0.2) is 78.9 Å². The highest BCUT2D eigenvalue weighted by Crippen LogP contribution is 2.31. The van der Waals surface area contributed by atoms with Crippen molar-refractivity contribution < 1.29 is 14.3 Å². The summed E-state index contributed by atoms with van der Waals surface area (Å²) in [6.07, 6.45) is 0.279.